The Bertz CT molecular complexity index is 2040. The number of unbranched alkanes of at least 4 members (excludes halogenated alkanes) is 1. The number of hydrogen-bond acceptors (Lipinski definition) is 11. The zero-order chi connectivity index (χ0) is 48.8. The van der Waals surface area contributed by atoms with Crippen molar-refractivity contribution in [3.05, 3.63) is 65.7 Å². The Hall–Kier alpha value is -7.19. The van der Waals surface area contributed by atoms with Gasteiger partial charge in [-0.3, -0.25) is 52.7 Å². The second-order valence-electron chi connectivity index (χ2n) is 15.7. The van der Waals surface area contributed by atoms with Crippen LogP contribution in [0.25, 0.3) is 0 Å². The number of aryl methyl sites for hydroxylation is 1. The van der Waals surface area contributed by atoms with E-state index < -0.39 is 134 Å². The molecule has 0 radical (unpaired) electrons. The van der Waals surface area contributed by atoms with Crippen molar-refractivity contribution < 1.29 is 68.1 Å². The number of carbonyl (C=O) groups is 11. The molecule has 2 aromatic carbocycles. The Morgan fingerprint density at radius 3 is 1.74 bits per heavy atom. The second-order valence-corrected chi connectivity index (χ2v) is 15.7. The summed E-state index contributed by atoms with van der Waals surface area (Å²) in [5.74, 6) is -12.4. The van der Waals surface area contributed by atoms with Gasteiger partial charge in [-0.25, -0.2) is 0 Å². The highest BCUT2D eigenvalue weighted by Gasteiger charge is 2.35. The maximum absolute atomic E-state index is 14.8. The topological polar surface area (TPSA) is 338 Å². The van der Waals surface area contributed by atoms with Gasteiger partial charge in [0.1, 0.15) is 30.7 Å². The van der Waals surface area contributed by atoms with Crippen LogP contribution in [0.3, 0.4) is 0 Å². The molecule has 0 heterocycles. The fourth-order valence-electron chi connectivity index (χ4n) is 6.51. The number of primary amides is 1. The van der Waals surface area contributed by atoms with Gasteiger partial charge in [0.25, 0.3) is 5.91 Å². The fourth-order valence-corrected chi connectivity index (χ4v) is 6.51. The summed E-state index contributed by atoms with van der Waals surface area (Å²) in [6.45, 7) is 6.44. The summed E-state index contributed by atoms with van der Waals surface area (Å²) in [7, 11) is 0. The Morgan fingerprint density at radius 1 is 0.615 bits per heavy atom. The normalized spacial score (nSPS) is 13.1. The zero-order valence-corrected chi connectivity index (χ0v) is 36.8. The first-order valence-electron chi connectivity index (χ1n) is 21.0. The molecule has 0 unspecified atom stereocenters. The van der Waals surface area contributed by atoms with Gasteiger partial charge >= 0.3 is 17.9 Å². The van der Waals surface area contributed by atoms with Crippen LogP contribution in [0.5, 0.6) is 0 Å². The summed E-state index contributed by atoms with van der Waals surface area (Å²) in [6, 6.07) is 7.09. The van der Waals surface area contributed by atoms with Crippen LogP contribution in [-0.4, -0.2) is 117 Å². The van der Waals surface area contributed by atoms with Crippen molar-refractivity contribution in [2.45, 2.75) is 122 Å². The van der Waals surface area contributed by atoms with Gasteiger partial charge in [-0.05, 0) is 55.4 Å². The van der Waals surface area contributed by atoms with E-state index in [1.165, 1.54) is 12.1 Å². The summed E-state index contributed by atoms with van der Waals surface area (Å²) >= 11 is 0. The van der Waals surface area contributed by atoms with Gasteiger partial charge in [-0.1, -0.05) is 76.1 Å². The maximum atomic E-state index is 14.8. The highest BCUT2D eigenvalue weighted by molar-refractivity contribution is 6.37. The van der Waals surface area contributed by atoms with E-state index >= 15 is 0 Å². The molecule has 21 heteroatoms. The summed E-state index contributed by atoms with van der Waals surface area (Å²) < 4.78 is 0. The van der Waals surface area contributed by atoms with E-state index in [4.69, 9.17) is 10.8 Å². The summed E-state index contributed by atoms with van der Waals surface area (Å²) in [6.07, 6.45) is -2.39. The van der Waals surface area contributed by atoms with Gasteiger partial charge in [0.2, 0.25) is 41.2 Å². The number of benzene rings is 2. The van der Waals surface area contributed by atoms with Gasteiger partial charge in [-0.15, -0.1) is 0 Å². The third kappa shape index (κ3) is 19.4. The molecule has 65 heavy (non-hydrogen) atoms. The summed E-state index contributed by atoms with van der Waals surface area (Å²) in [5, 5.41) is 40.0. The SMILES string of the molecule is CCCC[C@H](NC(=O)[C@H](CC(C)C)NC(=O)CN(C(=O)[C@H](Cc1ccccc1C)NC(=O)[C@H](CCC(=O)O)NC(=O)[C@H](CC(=O)O)NC(=O)CCC(=O)O)c1ccccc1)C(=O)C(N)=O. The highest BCUT2D eigenvalue weighted by atomic mass is 16.4. The van der Waals surface area contributed by atoms with Gasteiger partial charge < -0.3 is 52.5 Å². The van der Waals surface area contributed by atoms with E-state index in [-0.39, 0.29) is 30.9 Å². The van der Waals surface area contributed by atoms with Crippen LogP contribution in [0, 0.1) is 12.8 Å². The van der Waals surface area contributed by atoms with Crippen LogP contribution in [0.4, 0.5) is 5.69 Å². The van der Waals surface area contributed by atoms with Crippen molar-refractivity contribution in [1.82, 2.24) is 26.6 Å². The predicted molar refractivity (Wildman–Crippen MR) is 233 cm³/mol. The first-order valence-corrected chi connectivity index (χ1v) is 21.0. The Labute approximate surface area is 375 Å². The molecule has 354 valence electrons. The van der Waals surface area contributed by atoms with Crippen LogP contribution in [-0.2, 0) is 59.2 Å². The Kier molecular flexibility index (Phi) is 22.5. The van der Waals surface area contributed by atoms with E-state index in [2.05, 4.69) is 26.6 Å². The van der Waals surface area contributed by atoms with Crippen molar-refractivity contribution >= 4 is 70.7 Å². The second kappa shape index (κ2) is 27.1. The number of rotatable bonds is 29. The molecule has 2 aromatic rings. The van der Waals surface area contributed by atoms with E-state index in [1.807, 2.05) is 6.92 Å². The molecule has 10 N–H and O–H groups in total. The van der Waals surface area contributed by atoms with E-state index in [0.717, 1.165) is 4.90 Å². The molecule has 2 rings (SSSR count). The minimum absolute atomic E-state index is 0.0802. The molecule has 0 aliphatic carbocycles. The van der Waals surface area contributed by atoms with E-state index in [1.54, 1.807) is 63.2 Å². The van der Waals surface area contributed by atoms with Crippen LogP contribution in [0.15, 0.2) is 54.6 Å². The average Bonchev–Trinajstić information content (AvgIpc) is 3.24. The Balaban J connectivity index is 2.57. The number of carboxylic acids is 3. The molecule has 0 fully saturated rings. The van der Waals surface area contributed by atoms with Gasteiger partial charge in [-0.2, -0.15) is 0 Å². The predicted octanol–water partition coefficient (Wildman–Crippen LogP) is 0.490. The number of aliphatic carboxylic acids is 3. The van der Waals surface area contributed by atoms with Crippen molar-refractivity contribution in [2.24, 2.45) is 11.7 Å². The molecule has 0 aliphatic heterocycles. The van der Waals surface area contributed by atoms with E-state index in [9.17, 15) is 63.0 Å². The van der Waals surface area contributed by atoms with Crippen molar-refractivity contribution in [1.29, 1.82) is 0 Å². The number of carbonyl (C=O) groups excluding carboxylic acids is 8. The molecule has 0 spiro atoms. The number of nitrogens with one attached hydrogen (secondary N) is 5. The molecule has 0 bridgehead atoms. The smallest absolute Gasteiger partial charge is 0.305 e. The van der Waals surface area contributed by atoms with Crippen molar-refractivity contribution in [3.63, 3.8) is 0 Å². The molecule has 0 aromatic heterocycles. The quantitative estimate of drug-likeness (QED) is 0.0502. The molecular formula is C44H59N7O14. The van der Waals surface area contributed by atoms with Crippen LogP contribution < -0.4 is 37.2 Å². The van der Waals surface area contributed by atoms with Gasteiger partial charge in [0.05, 0.1) is 18.9 Å². The molecule has 7 amide bonds. The van der Waals surface area contributed by atoms with Crippen molar-refractivity contribution in [2.75, 3.05) is 11.4 Å². The van der Waals surface area contributed by atoms with Crippen LogP contribution in [0.2, 0.25) is 0 Å². The third-order valence-corrected chi connectivity index (χ3v) is 9.89. The number of para-hydroxylation sites is 1. The van der Waals surface area contributed by atoms with Crippen LogP contribution >= 0.6 is 0 Å². The lowest BCUT2D eigenvalue weighted by Gasteiger charge is -2.30. The number of hydrogen-bond donors (Lipinski definition) is 9. The number of ketones is 1. The number of nitrogens with zero attached hydrogens (tertiary/aromatic N) is 1. The van der Waals surface area contributed by atoms with Gasteiger partial charge in [0.15, 0.2) is 0 Å². The fraction of sp³-hybridized carbons (Fsp3) is 0.477. The molecule has 5 atom stereocenters. The van der Waals surface area contributed by atoms with Crippen LogP contribution in [0.1, 0.15) is 89.7 Å². The monoisotopic (exact) mass is 909 g/mol. The lowest BCUT2D eigenvalue weighted by atomic mass is 9.99. The molecule has 0 saturated heterocycles. The number of anilines is 1. The molecule has 21 nitrogen and oxygen atoms in total. The minimum Gasteiger partial charge on any atom is -0.481 e. The first-order chi connectivity index (χ1) is 30.6. The standard InChI is InChI=1S/C44H59N7O14/c1-5-6-16-29(39(60)40(45)61)48-42(63)31(21-25(2)3)47-35(53)24-51(28-14-8-7-9-15-28)44(65)33(22-27-13-11-10-12-26(27)4)50-41(62)30(17-19-36(54)55)49-43(64)32(23-38(58)59)46-34(52)18-20-37(56)57/h7-15,25,29-33H,5-6,16-24H2,1-4H3,(H2,45,61)(H,46,52)(H,47,53)(H,48,63)(H,49,64)(H,50,62)(H,54,55)(H,56,57)(H,58,59)/t29-,30-,31-,32-,33-/m0/s1. The molecule has 0 aliphatic rings. The summed E-state index contributed by atoms with van der Waals surface area (Å²) in [5.41, 5.74) is 6.68. The molecular weight excluding hydrogens is 851 g/mol. The largest absolute Gasteiger partial charge is 0.481 e. The number of amides is 7. The third-order valence-electron chi connectivity index (χ3n) is 9.89. The lowest BCUT2D eigenvalue weighted by Crippen LogP contribution is -2.59. The number of Topliss-reactive ketones (excluding diaryl/α,β-unsaturated/α-hetero) is 1. The van der Waals surface area contributed by atoms with E-state index in [0.29, 0.717) is 24.0 Å². The number of nitrogens with two attached hydrogens (primary N) is 1. The van der Waals surface area contributed by atoms with Crippen molar-refractivity contribution in [3.8, 4) is 0 Å². The summed E-state index contributed by atoms with van der Waals surface area (Å²) in [4.78, 5) is 142. The Morgan fingerprint density at radius 2 is 1.17 bits per heavy atom. The minimum atomic E-state index is -1.82. The van der Waals surface area contributed by atoms with Gasteiger partial charge in [0, 0.05) is 24.9 Å². The first kappa shape index (κ1) is 53.9. The lowest BCUT2D eigenvalue weighted by molar-refractivity contribution is -0.142. The zero-order valence-electron chi connectivity index (χ0n) is 36.8. The number of carboxylic acid groups (broad SMARTS) is 3. The maximum Gasteiger partial charge on any atom is 0.305 e. The molecule has 0 saturated carbocycles. The highest BCUT2D eigenvalue weighted by Crippen LogP contribution is 2.19. The average molecular weight is 910 g/mol.